The third-order valence-corrected chi connectivity index (χ3v) is 2.90. The standard InChI is InChI=1S/C12H16N4O3/c1-7-10-3-8(4-13-11(10)16(2)15-7)12(19)14-9(5-17)6-18/h3-4,9,17-18H,5-6H2,1-2H3,(H,14,19). The Bertz CT molecular complexity index is 604. The molecule has 2 aromatic rings. The Morgan fingerprint density at radius 1 is 1.47 bits per heavy atom. The quantitative estimate of drug-likeness (QED) is 0.682. The molecule has 0 saturated heterocycles. The Morgan fingerprint density at radius 3 is 2.79 bits per heavy atom. The molecule has 0 aliphatic heterocycles. The van der Waals surface area contributed by atoms with Gasteiger partial charge in [-0.1, -0.05) is 0 Å². The maximum absolute atomic E-state index is 11.9. The zero-order chi connectivity index (χ0) is 14.0. The maximum atomic E-state index is 11.9. The van der Waals surface area contributed by atoms with E-state index in [-0.39, 0.29) is 19.1 Å². The van der Waals surface area contributed by atoms with Crippen LogP contribution in [-0.2, 0) is 7.05 Å². The summed E-state index contributed by atoms with van der Waals surface area (Å²) in [7, 11) is 1.79. The van der Waals surface area contributed by atoms with Crippen molar-refractivity contribution in [2.75, 3.05) is 13.2 Å². The zero-order valence-corrected chi connectivity index (χ0v) is 10.8. The molecule has 2 heterocycles. The summed E-state index contributed by atoms with van der Waals surface area (Å²) in [5.41, 5.74) is 1.87. The van der Waals surface area contributed by atoms with Gasteiger partial charge in [0.1, 0.15) is 0 Å². The lowest BCUT2D eigenvalue weighted by molar-refractivity contribution is 0.0879. The Kier molecular flexibility index (Phi) is 3.77. The molecule has 0 aromatic carbocycles. The highest BCUT2D eigenvalue weighted by Gasteiger charge is 2.14. The van der Waals surface area contributed by atoms with Crippen molar-refractivity contribution in [1.29, 1.82) is 0 Å². The highest BCUT2D eigenvalue weighted by Crippen LogP contribution is 2.16. The molecule has 7 nitrogen and oxygen atoms in total. The fourth-order valence-corrected chi connectivity index (χ4v) is 1.85. The lowest BCUT2D eigenvalue weighted by Crippen LogP contribution is -2.40. The number of aryl methyl sites for hydroxylation is 2. The number of hydrogen-bond acceptors (Lipinski definition) is 5. The minimum absolute atomic E-state index is 0.316. The van der Waals surface area contributed by atoms with Gasteiger partial charge in [0.05, 0.1) is 30.5 Å². The molecule has 0 saturated carbocycles. The molecule has 0 spiro atoms. The van der Waals surface area contributed by atoms with E-state index in [0.717, 1.165) is 11.1 Å². The molecule has 0 radical (unpaired) electrons. The first kappa shape index (κ1) is 13.4. The Labute approximate surface area is 109 Å². The first-order valence-electron chi connectivity index (χ1n) is 5.88. The first-order chi connectivity index (χ1) is 9.06. The molecule has 0 aliphatic rings. The van der Waals surface area contributed by atoms with Crippen molar-refractivity contribution in [2.45, 2.75) is 13.0 Å². The molecule has 2 aromatic heterocycles. The van der Waals surface area contributed by atoms with Crippen molar-refractivity contribution in [3.8, 4) is 0 Å². The fourth-order valence-electron chi connectivity index (χ4n) is 1.85. The maximum Gasteiger partial charge on any atom is 0.253 e. The van der Waals surface area contributed by atoms with Gasteiger partial charge in [-0.25, -0.2) is 4.98 Å². The molecule has 0 unspecified atom stereocenters. The minimum atomic E-state index is -0.668. The molecule has 0 atom stereocenters. The zero-order valence-electron chi connectivity index (χ0n) is 10.8. The van der Waals surface area contributed by atoms with Gasteiger partial charge in [-0.15, -0.1) is 0 Å². The summed E-state index contributed by atoms with van der Waals surface area (Å²) in [6, 6.07) is 1.03. The van der Waals surface area contributed by atoms with Crippen molar-refractivity contribution in [1.82, 2.24) is 20.1 Å². The van der Waals surface area contributed by atoms with Crippen LogP contribution in [0.4, 0.5) is 0 Å². The van der Waals surface area contributed by atoms with Gasteiger partial charge in [-0.05, 0) is 13.0 Å². The van der Waals surface area contributed by atoms with Gasteiger partial charge in [0.25, 0.3) is 5.91 Å². The average Bonchev–Trinajstić information content (AvgIpc) is 2.70. The van der Waals surface area contributed by atoms with Crippen LogP contribution in [-0.4, -0.2) is 50.1 Å². The van der Waals surface area contributed by atoms with E-state index in [9.17, 15) is 4.79 Å². The van der Waals surface area contributed by atoms with Crippen LogP contribution < -0.4 is 5.32 Å². The van der Waals surface area contributed by atoms with E-state index < -0.39 is 6.04 Å². The molecule has 7 heteroatoms. The predicted molar refractivity (Wildman–Crippen MR) is 68.7 cm³/mol. The summed E-state index contributed by atoms with van der Waals surface area (Å²) in [5, 5.41) is 25.4. The van der Waals surface area contributed by atoms with Crippen LogP contribution in [0.25, 0.3) is 11.0 Å². The van der Waals surface area contributed by atoms with Crippen LogP contribution in [0.2, 0.25) is 0 Å². The second-order valence-corrected chi connectivity index (χ2v) is 4.34. The van der Waals surface area contributed by atoms with Crippen LogP contribution >= 0.6 is 0 Å². The van der Waals surface area contributed by atoms with Crippen molar-refractivity contribution >= 4 is 16.9 Å². The molecule has 0 bridgehead atoms. The number of nitrogens with zero attached hydrogens (tertiary/aromatic N) is 3. The normalized spacial score (nSPS) is 11.2. The SMILES string of the molecule is Cc1nn(C)c2ncc(C(=O)NC(CO)CO)cc12. The Hall–Kier alpha value is -1.99. The summed E-state index contributed by atoms with van der Waals surface area (Å²) in [5.74, 6) is -0.384. The van der Waals surface area contributed by atoms with Gasteiger partial charge >= 0.3 is 0 Å². The van der Waals surface area contributed by atoms with Gasteiger partial charge < -0.3 is 15.5 Å². The van der Waals surface area contributed by atoms with E-state index in [1.165, 1.54) is 6.20 Å². The predicted octanol–water partition coefficient (Wildman–Crippen LogP) is -0.640. The minimum Gasteiger partial charge on any atom is -0.394 e. The number of fused-ring (bicyclic) bond motifs is 1. The number of pyridine rings is 1. The summed E-state index contributed by atoms with van der Waals surface area (Å²) >= 11 is 0. The van der Waals surface area contributed by atoms with Crippen LogP contribution in [0.5, 0.6) is 0 Å². The number of rotatable bonds is 4. The molecular formula is C12H16N4O3. The van der Waals surface area contributed by atoms with E-state index in [1.807, 2.05) is 6.92 Å². The van der Waals surface area contributed by atoms with Crippen molar-refractivity contribution in [2.24, 2.45) is 7.05 Å². The van der Waals surface area contributed by atoms with Crippen molar-refractivity contribution in [3.63, 3.8) is 0 Å². The summed E-state index contributed by atoms with van der Waals surface area (Å²) in [6.45, 7) is 1.21. The van der Waals surface area contributed by atoms with Crippen LogP contribution in [0.15, 0.2) is 12.3 Å². The fraction of sp³-hybridized carbons (Fsp3) is 0.417. The van der Waals surface area contributed by atoms with Crippen LogP contribution in [0.3, 0.4) is 0 Å². The number of hydrogen-bond donors (Lipinski definition) is 3. The molecule has 3 N–H and O–H groups in total. The number of carbonyl (C=O) groups excluding carboxylic acids is 1. The van der Waals surface area contributed by atoms with E-state index in [4.69, 9.17) is 10.2 Å². The largest absolute Gasteiger partial charge is 0.394 e. The second kappa shape index (κ2) is 5.33. The van der Waals surface area contributed by atoms with Gasteiger partial charge in [0.15, 0.2) is 5.65 Å². The van der Waals surface area contributed by atoms with Gasteiger partial charge in [0.2, 0.25) is 0 Å². The highest BCUT2D eigenvalue weighted by atomic mass is 16.3. The number of carbonyl (C=O) groups is 1. The van der Waals surface area contributed by atoms with E-state index in [0.29, 0.717) is 11.2 Å². The average molecular weight is 264 g/mol. The molecule has 19 heavy (non-hydrogen) atoms. The van der Waals surface area contributed by atoms with Crippen molar-refractivity contribution < 1.29 is 15.0 Å². The van der Waals surface area contributed by atoms with E-state index >= 15 is 0 Å². The van der Waals surface area contributed by atoms with Crippen LogP contribution in [0, 0.1) is 6.92 Å². The Balaban J connectivity index is 2.30. The first-order valence-corrected chi connectivity index (χ1v) is 5.88. The van der Waals surface area contributed by atoms with Gasteiger partial charge in [0, 0.05) is 18.6 Å². The summed E-state index contributed by atoms with van der Waals surface area (Å²) in [4.78, 5) is 16.1. The smallest absolute Gasteiger partial charge is 0.253 e. The van der Waals surface area contributed by atoms with E-state index in [2.05, 4.69) is 15.4 Å². The Morgan fingerprint density at radius 2 is 2.16 bits per heavy atom. The van der Waals surface area contributed by atoms with Crippen LogP contribution in [0.1, 0.15) is 16.1 Å². The number of aromatic nitrogens is 3. The number of aliphatic hydroxyl groups is 2. The molecule has 0 aliphatic carbocycles. The molecule has 0 fully saturated rings. The molecule has 102 valence electrons. The molecule has 2 rings (SSSR count). The van der Waals surface area contributed by atoms with Crippen molar-refractivity contribution in [3.05, 3.63) is 23.5 Å². The molecule has 1 amide bonds. The molecular weight excluding hydrogens is 248 g/mol. The lowest BCUT2D eigenvalue weighted by atomic mass is 10.2. The van der Waals surface area contributed by atoms with Gasteiger partial charge in [-0.2, -0.15) is 5.10 Å². The highest BCUT2D eigenvalue weighted by molar-refractivity contribution is 5.97. The third-order valence-electron chi connectivity index (χ3n) is 2.90. The van der Waals surface area contributed by atoms with E-state index in [1.54, 1.807) is 17.8 Å². The second-order valence-electron chi connectivity index (χ2n) is 4.34. The number of aliphatic hydroxyl groups excluding tert-OH is 2. The number of amides is 1. The van der Waals surface area contributed by atoms with Gasteiger partial charge in [-0.3, -0.25) is 9.48 Å². The topological polar surface area (TPSA) is 100 Å². The monoisotopic (exact) mass is 264 g/mol. The third kappa shape index (κ3) is 2.56. The lowest BCUT2D eigenvalue weighted by Gasteiger charge is -2.13. The summed E-state index contributed by atoms with van der Waals surface area (Å²) in [6.07, 6.45) is 1.45. The summed E-state index contributed by atoms with van der Waals surface area (Å²) < 4.78 is 1.65. The number of nitrogens with one attached hydrogen (secondary N) is 1.